The molecular formula is C23H27Cl3N6O3S. The molecule has 9 nitrogen and oxygen atoms in total. The van der Waals surface area contributed by atoms with Crippen LogP contribution in [0.4, 0.5) is 5.69 Å². The summed E-state index contributed by atoms with van der Waals surface area (Å²) in [6, 6.07) is 10.0. The van der Waals surface area contributed by atoms with Crippen LogP contribution < -0.4 is 14.4 Å². The second kappa shape index (κ2) is 11.1. The van der Waals surface area contributed by atoms with Gasteiger partial charge in [-0.3, -0.25) is 4.57 Å². The molecule has 0 bridgehead atoms. The lowest BCUT2D eigenvalue weighted by molar-refractivity contribution is 0.312. The van der Waals surface area contributed by atoms with Crippen molar-refractivity contribution in [2.24, 2.45) is 0 Å². The van der Waals surface area contributed by atoms with Crippen LogP contribution >= 0.6 is 34.8 Å². The van der Waals surface area contributed by atoms with Crippen molar-refractivity contribution < 1.29 is 13.2 Å². The zero-order chi connectivity index (χ0) is 26.0. The topological polar surface area (TPSA) is 92.6 Å². The van der Waals surface area contributed by atoms with Crippen molar-refractivity contribution in [1.29, 1.82) is 0 Å². The van der Waals surface area contributed by atoms with E-state index in [-0.39, 0.29) is 26.0 Å². The quantitative estimate of drug-likeness (QED) is 0.386. The maximum atomic E-state index is 13.0. The van der Waals surface area contributed by atoms with Gasteiger partial charge in [-0.1, -0.05) is 46.0 Å². The average Bonchev–Trinajstić information content (AvgIpc) is 3.25. The zero-order valence-electron chi connectivity index (χ0n) is 20.1. The number of ether oxygens (including phenoxy) is 1. The van der Waals surface area contributed by atoms with E-state index in [1.54, 1.807) is 11.5 Å². The van der Waals surface area contributed by atoms with E-state index in [2.05, 4.69) is 37.8 Å². The molecule has 0 unspecified atom stereocenters. The summed E-state index contributed by atoms with van der Waals surface area (Å²) in [7, 11) is -1.91. The van der Waals surface area contributed by atoms with Gasteiger partial charge < -0.3 is 14.5 Å². The third-order valence-corrected chi connectivity index (χ3v) is 8.95. The average molecular weight is 574 g/mol. The van der Waals surface area contributed by atoms with Gasteiger partial charge in [-0.2, -0.15) is 0 Å². The monoisotopic (exact) mass is 572 g/mol. The number of hydrogen-bond acceptors (Lipinski definition) is 7. The van der Waals surface area contributed by atoms with Gasteiger partial charge in [-0.25, -0.2) is 13.1 Å². The number of likely N-dealkylation sites (N-methyl/N-ethyl adjacent to an activating group) is 1. The number of nitrogens with one attached hydrogen (secondary N) is 1. The molecule has 1 aliphatic rings. The third-order valence-electron chi connectivity index (χ3n) is 5.97. The van der Waals surface area contributed by atoms with Crippen molar-refractivity contribution in [3.63, 3.8) is 0 Å². The highest BCUT2D eigenvalue weighted by atomic mass is 35.5. The molecule has 1 fully saturated rings. The van der Waals surface area contributed by atoms with E-state index in [1.807, 2.05) is 25.1 Å². The van der Waals surface area contributed by atoms with Gasteiger partial charge in [0.15, 0.2) is 5.82 Å². The van der Waals surface area contributed by atoms with Gasteiger partial charge in [0.25, 0.3) is 0 Å². The molecule has 1 N–H and O–H groups in total. The first-order valence-corrected chi connectivity index (χ1v) is 14.0. The molecule has 0 spiro atoms. The van der Waals surface area contributed by atoms with E-state index >= 15 is 0 Å². The minimum atomic E-state index is -4.03. The highest BCUT2D eigenvalue weighted by Gasteiger charge is 2.27. The molecule has 0 saturated carbocycles. The molecule has 1 aliphatic heterocycles. The zero-order valence-corrected chi connectivity index (χ0v) is 23.2. The summed E-state index contributed by atoms with van der Waals surface area (Å²) in [6.07, 6.45) is 0. The molecule has 1 saturated heterocycles. The van der Waals surface area contributed by atoms with Crippen LogP contribution in [0.1, 0.15) is 25.7 Å². The predicted molar refractivity (Wildman–Crippen MR) is 142 cm³/mol. The number of sulfonamides is 1. The Kier molecular flexibility index (Phi) is 8.33. The second-order valence-corrected chi connectivity index (χ2v) is 11.3. The van der Waals surface area contributed by atoms with Gasteiger partial charge >= 0.3 is 6.01 Å². The van der Waals surface area contributed by atoms with Crippen LogP contribution in [-0.2, 0) is 16.6 Å². The Morgan fingerprint density at radius 3 is 2.47 bits per heavy atom. The number of anilines is 1. The lowest BCUT2D eigenvalue weighted by atomic mass is 10.2. The fourth-order valence-corrected chi connectivity index (χ4v) is 6.15. The lowest BCUT2D eigenvalue weighted by Crippen LogP contribution is -2.44. The molecule has 36 heavy (non-hydrogen) atoms. The molecule has 1 aromatic heterocycles. The SMILES string of the molecule is CCn1c(Oc2cccc(N3CCN(C)CC3)c2)nnc1[C@@H](C)NS(=O)(=O)c1ccc(Cl)c(Cl)c1Cl. The van der Waals surface area contributed by atoms with Gasteiger partial charge in [0.05, 0.1) is 21.1 Å². The number of piperazine rings is 1. The molecular weight excluding hydrogens is 547 g/mol. The fraction of sp³-hybridized carbons (Fsp3) is 0.391. The first-order chi connectivity index (χ1) is 17.1. The van der Waals surface area contributed by atoms with E-state index < -0.39 is 16.1 Å². The minimum Gasteiger partial charge on any atom is -0.424 e. The van der Waals surface area contributed by atoms with Crippen LogP contribution in [0.3, 0.4) is 0 Å². The number of aromatic nitrogens is 3. The Hall–Kier alpha value is -2.08. The molecule has 0 amide bonds. The Balaban J connectivity index is 1.53. The largest absolute Gasteiger partial charge is 0.424 e. The first-order valence-electron chi connectivity index (χ1n) is 11.4. The summed E-state index contributed by atoms with van der Waals surface area (Å²) in [5, 5.41) is 8.36. The Bertz CT molecular complexity index is 1340. The molecule has 0 aliphatic carbocycles. The van der Waals surface area contributed by atoms with E-state index in [1.165, 1.54) is 12.1 Å². The van der Waals surface area contributed by atoms with Gasteiger partial charge in [-0.15, -0.1) is 5.10 Å². The fourth-order valence-electron chi connectivity index (χ4n) is 3.97. The van der Waals surface area contributed by atoms with E-state index in [0.717, 1.165) is 31.9 Å². The van der Waals surface area contributed by atoms with E-state index in [4.69, 9.17) is 39.5 Å². The molecule has 0 radical (unpaired) electrons. The van der Waals surface area contributed by atoms with E-state index in [0.29, 0.717) is 18.1 Å². The Morgan fingerprint density at radius 1 is 1.06 bits per heavy atom. The van der Waals surface area contributed by atoms with Crippen LogP contribution in [0.25, 0.3) is 0 Å². The number of benzene rings is 2. The van der Waals surface area contributed by atoms with Gasteiger partial charge in [-0.05, 0) is 45.2 Å². The standard InChI is InChI=1S/C23H27Cl3N6O3S/c1-4-32-22(15(2)29-36(33,34)19-9-8-18(24)20(25)21(19)26)27-28-23(32)35-17-7-5-6-16(14-17)31-12-10-30(3)11-13-31/h5-9,14-15,29H,4,10-13H2,1-3H3/t15-/m1/s1. The highest BCUT2D eigenvalue weighted by molar-refractivity contribution is 7.89. The molecule has 2 heterocycles. The van der Waals surface area contributed by atoms with Crippen molar-refractivity contribution >= 4 is 50.5 Å². The highest BCUT2D eigenvalue weighted by Crippen LogP contribution is 2.35. The number of halogens is 3. The molecule has 4 rings (SSSR count). The van der Waals surface area contributed by atoms with Crippen molar-refractivity contribution in [3.05, 3.63) is 57.3 Å². The van der Waals surface area contributed by atoms with Crippen LogP contribution in [0.2, 0.25) is 15.1 Å². The van der Waals surface area contributed by atoms with Gasteiger partial charge in [0.1, 0.15) is 10.6 Å². The van der Waals surface area contributed by atoms with Crippen molar-refractivity contribution in [2.45, 2.75) is 31.3 Å². The third kappa shape index (κ3) is 5.74. The molecule has 1 atom stereocenters. The molecule has 194 valence electrons. The van der Waals surface area contributed by atoms with Crippen molar-refractivity contribution in [3.8, 4) is 11.8 Å². The number of hydrogen-bond donors (Lipinski definition) is 1. The van der Waals surface area contributed by atoms with Crippen LogP contribution in [-0.4, -0.2) is 61.3 Å². The molecule has 2 aromatic carbocycles. The summed E-state index contributed by atoms with van der Waals surface area (Å²) in [6.45, 7) is 7.91. The Morgan fingerprint density at radius 2 is 1.78 bits per heavy atom. The summed E-state index contributed by atoms with van der Waals surface area (Å²) in [5.74, 6) is 1.01. The smallest absolute Gasteiger partial charge is 0.322 e. The summed E-state index contributed by atoms with van der Waals surface area (Å²) >= 11 is 18.1. The summed E-state index contributed by atoms with van der Waals surface area (Å²) < 4.78 is 36.4. The minimum absolute atomic E-state index is 0.0277. The molecule has 13 heteroatoms. The molecule has 3 aromatic rings. The van der Waals surface area contributed by atoms with Crippen LogP contribution in [0.5, 0.6) is 11.8 Å². The normalized spacial score (nSPS) is 15.8. The van der Waals surface area contributed by atoms with Gasteiger partial charge in [0.2, 0.25) is 10.0 Å². The van der Waals surface area contributed by atoms with Crippen LogP contribution in [0, 0.1) is 0 Å². The maximum Gasteiger partial charge on any atom is 0.322 e. The second-order valence-electron chi connectivity index (χ2n) is 8.49. The van der Waals surface area contributed by atoms with Gasteiger partial charge in [0, 0.05) is 44.5 Å². The van der Waals surface area contributed by atoms with Crippen molar-refractivity contribution in [1.82, 2.24) is 24.4 Å². The predicted octanol–water partition coefficient (Wildman–Crippen LogP) is 4.84. The van der Waals surface area contributed by atoms with Crippen LogP contribution in [0.15, 0.2) is 41.3 Å². The summed E-state index contributed by atoms with van der Waals surface area (Å²) in [4.78, 5) is 4.44. The lowest BCUT2D eigenvalue weighted by Gasteiger charge is -2.34. The number of rotatable bonds is 8. The number of nitrogens with zero attached hydrogens (tertiary/aromatic N) is 5. The first kappa shape index (κ1) is 27.0. The summed E-state index contributed by atoms with van der Waals surface area (Å²) in [5.41, 5.74) is 1.07. The Labute approximate surface area is 226 Å². The van der Waals surface area contributed by atoms with E-state index in [9.17, 15) is 8.42 Å². The maximum absolute atomic E-state index is 13.0. The van der Waals surface area contributed by atoms with Crippen molar-refractivity contribution in [2.75, 3.05) is 38.1 Å².